The first-order valence-electron chi connectivity index (χ1n) is 3.23. The molecule has 1 aromatic rings. The highest BCUT2D eigenvalue weighted by atomic mass is 31.2. The van der Waals surface area contributed by atoms with Gasteiger partial charge in [0.05, 0.1) is 0 Å². The van der Waals surface area contributed by atoms with Crippen molar-refractivity contribution in [2.75, 3.05) is 0 Å². The molecule has 1 atom stereocenters. The molecule has 0 bridgehead atoms. The highest BCUT2D eigenvalue weighted by molar-refractivity contribution is 7.47. The SMILES string of the molecule is NOP(=O)(O)Oc1ccc(O)cc1. The number of hydrogen-bond acceptors (Lipinski definition) is 5. The molecule has 0 aliphatic rings. The van der Waals surface area contributed by atoms with Gasteiger partial charge in [-0.2, -0.15) is 4.62 Å². The van der Waals surface area contributed by atoms with Crippen LogP contribution >= 0.6 is 7.82 Å². The molecule has 0 spiro atoms. The van der Waals surface area contributed by atoms with E-state index < -0.39 is 7.82 Å². The van der Waals surface area contributed by atoms with Crippen molar-refractivity contribution in [1.29, 1.82) is 0 Å². The van der Waals surface area contributed by atoms with Crippen molar-refractivity contribution in [3.8, 4) is 11.5 Å². The minimum atomic E-state index is -4.21. The summed E-state index contributed by atoms with van der Waals surface area (Å²) in [6.45, 7) is 0. The molecule has 0 aromatic heterocycles. The molecule has 13 heavy (non-hydrogen) atoms. The van der Waals surface area contributed by atoms with Crippen LogP contribution in [-0.2, 0) is 9.19 Å². The largest absolute Gasteiger partial charge is 0.544 e. The van der Waals surface area contributed by atoms with Crippen LogP contribution in [0.4, 0.5) is 0 Å². The Kier molecular flexibility index (Phi) is 2.90. The molecule has 4 N–H and O–H groups in total. The first-order chi connectivity index (χ1) is 6.03. The maximum atomic E-state index is 10.8. The Morgan fingerprint density at radius 2 is 1.85 bits per heavy atom. The fourth-order valence-electron chi connectivity index (χ4n) is 0.662. The Balaban J connectivity index is 2.75. The summed E-state index contributed by atoms with van der Waals surface area (Å²) in [5.74, 6) is 4.60. The zero-order valence-electron chi connectivity index (χ0n) is 6.45. The number of phosphoric ester groups is 1. The predicted octanol–water partition coefficient (Wildman–Crippen LogP) is 0.762. The van der Waals surface area contributed by atoms with E-state index in [2.05, 4.69) is 15.0 Å². The zero-order chi connectivity index (χ0) is 9.90. The van der Waals surface area contributed by atoms with Crippen LogP contribution in [0.3, 0.4) is 0 Å². The Bertz CT molecular complexity index is 324. The summed E-state index contributed by atoms with van der Waals surface area (Å²) in [6.07, 6.45) is 0. The zero-order valence-corrected chi connectivity index (χ0v) is 7.35. The maximum Gasteiger partial charge on any atom is 0.544 e. The van der Waals surface area contributed by atoms with Gasteiger partial charge in [0, 0.05) is 0 Å². The number of hydrogen-bond donors (Lipinski definition) is 3. The third kappa shape index (κ3) is 3.04. The summed E-state index contributed by atoms with van der Waals surface area (Å²) >= 11 is 0. The minimum absolute atomic E-state index is 0.0220. The van der Waals surface area contributed by atoms with E-state index in [-0.39, 0.29) is 11.5 Å². The van der Waals surface area contributed by atoms with Crippen molar-refractivity contribution in [1.82, 2.24) is 0 Å². The van der Waals surface area contributed by atoms with Gasteiger partial charge in [0.2, 0.25) is 0 Å². The Labute approximate surface area is 74.1 Å². The maximum absolute atomic E-state index is 10.8. The van der Waals surface area contributed by atoms with Crippen molar-refractivity contribution in [2.45, 2.75) is 0 Å². The lowest BCUT2D eigenvalue weighted by atomic mass is 10.3. The molecule has 1 rings (SSSR count). The summed E-state index contributed by atoms with van der Waals surface area (Å²) in [7, 11) is -4.21. The molecule has 0 saturated heterocycles. The molecule has 0 saturated carbocycles. The molecular weight excluding hydrogens is 197 g/mol. The van der Waals surface area contributed by atoms with Gasteiger partial charge >= 0.3 is 7.82 Å². The highest BCUT2D eigenvalue weighted by Gasteiger charge is 2.21. The fourth-order valence-corrected chi connectivity index (χ4v) is 1.09. The topological polar surface area (TPSA) is 102 Å². The second-order valence-corrected chi connectivity index (χ2v) is 3.49. The molecule has 0 aliphatic carbocycles. The van der Waals surface area contributed by atoms with E-state index in [9.17, 15) is 4.57 Å². The average Bonchev–Trinajstić information content (AvgIpc) is 2.09. The lowest BCUT2D eigenvalue weighted by molar-refractivity contribution is 0.207. The third-order valence-corrected chi connectivity index (χ3v) is 1.90. The van der Waals surface area contributed by atoms with Gasteiger partial charge in [-0.05, 0) is 24.3 Å². The smallest absolute Gasteiger partial charge is 0.508 e. The van der Waals surface area contributed by atoms with Crippen LogP contribution in [0.1, 0.15) is 0 Å². The molecule has 0 amide bonds. The minimum Gasteiger partial charge on any atom is -0.508 e. The molecule has 1 aromatic carbocycles. The van der Waals surface area contributed by atoms with E-state index in [1.54, 1.807) is 0 Å². The molecular formula is C6H8NO5P. The van der Waals surface area contributed by atoms with Gasteiger partial charge in [-0.15, -0.1) is 0 Å². The Morgan fingerprint density at radius 3 is 2.31 bits per heavy atom. The number of phenolic OH excluding ortho intramolecular Hbond substituents is 1. The van der Waals surface area contributed by atoms with E-state index in [4.69, 9.17) is 10.00 Å². The van der Waals surface area contributed by atoms with Crippen LogP contribution in [0, 0.1) is 0 Å². The summed E-state index contributed by atoms with van der Waals surface area (Å²) < 4.78 is 18.9. The van der Waals surface area contributed by atoms with Crippen LogP contribution in [0.25, 0.3) is 0 Å². The molecule has 0 radical (unpaired) electrons. The first kappa shape index (κ1) is 10.0. The third-order valence-electron chi connectivity index (χ3n) is 1.19. The van der Waals surface area contributed by atoms with Crippen LogP contribution in [0.15, 0.2) is 24.3 Å². The molecule has 6 nitrogen and oxygen atoms in total. The second kappa shape index (κ2) is 3.76. The summed E-state index contributed by atoms with van der Waals surface area (Å²) in [5, 5.41) is 8.87. The van der Waals surface area contributed by atoms with Gasteiger partial charge in [-0.25, -0.2) is 10.5 Å². The van der Waals surface area contributed by atoms with E-state index >= 15 is 0 Å². The predicted molar refractivity (Wildman–Crippen MR) is 43.8 cm³/mol. The number of benzene rings is 1. The number of nitrogens with two attached hydrogens (primary N) is 1. The van der Waals surface area contributed by atoms with Crippen molar-refractivity contribution >= 4 is 7.82 Å². The van der Waals surface area contributed by atoms with Gasteiger partial charge < -0.3 is 9.63 Å². The number of phosphoric acid groups is 1. The Morgan fingerprint density at radius 1 is 1.31 bits per heavy atom. The van der Waals surface area contributed by atoms with Crippen molar-refractivity contribution < 1.29 is 23.7 Å². The van der Waals surface area contributed by atoms with E-state index in [0.29, 0.717) is 0 Å². The second-order valence-electron chi connectivity index (χ2n) is 2.16. The van der Waals surface area contributed by atoms with Crippen LogP contribution < -0.4 is 10.4 Å². The van der Waals surface area contributed by atoms with Gasteiger partial charge in [0.1, 0.15) is 11.5 Å². The van der Waals surface area contributed by atoms with Gasteiger partial charge in [-0.3, -0.25) is 4.89 Å². The van der Waals surface area contributed by atoms with Gasteiger partial charge in [0.15, 0.2) is 0 Å². The average molecular weight is 205 g/mol. The van der Waals surface area contributed by atoms with Crippen molar-refractivity contribution in [3.63, 3.8) is 0 Å². The van der Waals surface area contributed by atoms with Crippen LogP contribution in [-0.4, -0.2) is 10.00 Å². The normalized spacial score (nSPS) is 14.9. The summed E-state index contributed by atoms with van der Waals surface area (Å²) in [6, 6.07) is 5.20. The van der Waals surface area contributed by atoms with E-state index in [1.165, 1.54) is 24.3 Å². The Hall–Kier alpha value is -1.07. The lowest BCUT2D eigenvalue weighted by Gasteiger charge is -2.08. The molecule has 0 fully saturated rings. The summed E-state index contributed by atoms with van der Waals surface area (Å²) in [5.41, 5.74) is 0. The highest BCUT2D eigenvalue weighted by Crippen LogP contribution is 2.41. The molecule has 1 unspecified atom stereocenters. The fraction of sp³-hybridized carbons (Fsp3) is 0. The first-order valence-corrected chi connectivity index (χ1v) is 4.73. The van der Waals surface area contributed by atoms with E-state index in [1.807, 2.05) is 0 Å². The van der Waals surface area contributed by atoms with Gasteiger partial charge in [-0.1, -0.05) is 0 Å². The van der Waals surface area contributed by atoms with E-state index in [0.717, 1.165) is 0 Å². The molecule has 0 heterocycles. The quantitative estimate of drug-likeness (QED) is 0.497. The molecule has 72 valence electrons. The summed E-state index contributed by atoms with van der Waals surface area (Å²) in [4.78, 5) is 8.77. The standard InChI is InChI=1S/C6H8NO5P/c7-12-13(9,10)11-6-3-1-5(8)2-4-6/h1-4,8H,7H2,(H,9,10). The number of phenols is 1. The number of aromatic hydroxyl groups is 1. The number of rotatable bonds is 3. The molecule has 7 heteroatoms. The van der Waals surface area contributed by atoms with Crippen LogP contribution in [0.2, 0.25) is 0 Å². The monoisotopic (exact) mass is 205 g/mol. The molecule has 0 aliphatic heterocycles. The van der Waals surface area contributed by atoms with Gasteiger partial charge in [0.25, 0.3) is 0 Å². The van der Waals surface area contributed by atoms with Crippen LogP contribution in [0.5, 0.6) is 11.5 Å². The van der Waals surface area contributed by atoms with Crippen molar-refractivity contribution in [3.05, 3.63) is 24.3 Å². The lowest BCUT2D eigenvalue weighted by Crippen LogP contribution is -2.01. The van der Waals surface area contributed by atoms with Crippen molar-refractivity contribution in [2.24, 2.45) is 5.90 Å².